The van der Waals surface area contributed by atoms with Gasteiger partial charge in [0.2, 0.25) is 5.91 Å². The molecule has 0 aliphatic heterocycles. The molecule has 3 aromatic carbocycles. The molecule has 3 rings (SSSR count). The molecular formula is C23H20ClNO4. The lowest BCUT2D eigenvalue weighted by Crippen LogP contribution is -2.11. The SMILES string of the molecule is COc1ccc(/C=C/C(=O)Nc2cc(Cl)ccc2COc2ccccc2)cc1O. The molecule has 0 unspecified atom stereocenters. The van der Waals surface area contributed by atoms with E-state index in [4.69, 9.17) is 21.1 Å². The molecule has 0 saturated heterocycles. The molecule has 1 amide bonds. The highest BCUT2D eigenvalue weighted by atomic mass is 35.5. The zero-order valence-corrected chi connectivity index (χ0v) is 16.5. The van der Waals surface area contributed by atoms with Crippen molar-refractivity contribution in [2.45, 2.75) is 6.61 Å². The molecule has 0 spiro atoms. The van der Waals surface area contributed by atoms with E-state index in [9.17, 15) is 9.90 Å². The van der Waals surface area contributed by atoms with Gasteiger partial charge in [0.05, 0.1) is 7.11 Å². The average molecular weight is 410 g/mol. The Morgan fingerprint density at radius 2 is 1.90 bits per heavy atom. The predicted molar refractivity (Wildman–Crippen MR) is 115 cm³/mol. The summed E-state index contributed by atoms with van der Waals surface area (Å²) < 4.78 is 10.8. The van der Waals surface area contributed by atoms with Crippen LogP contribution < -0.4 is 14.8 Å². The zero-order chi connectivity index (χ0) is 20.6. The average Bonchev–Trinajstić information content (AvgIpc) is 2.72. The Balaban J connectivity index is 1.69. The van der Waals surface area contributed by atoms with E-state index in [1.807, 2.05) is 36.4 Å². The Morgan fingerprint density at radius 3 is 2.62 bits per heavy atom. The van der Waals surface area contributed by atoms with E-state index in [1.54, 1.807) is 30.3 Å². The van der Waals surface area contributed by atoms with E-state index in [0.717, 1.165) is 11.3 Å². The number of ether oxygens (including phenoxy) is 2. The number of rotatable bonds is 7. The van der Waals surface area contributed by atoms with E-state index < -0.39 is 0 Å². The van der Waals surface area contributed by atoms with Gasteiger partial charge in [0.1, 0.15) is 12.4 Å². The smallest absolute Gasteiger partial charge is 0.248 e. The molecule has 0 heterocycles. The maximum Gasteiger partial charge on any atom is 0.248 e. The van der Waals surface area contributed by atoms with E-state index in [0.29, 0.717) is 22.0 Å². The summed E-state index contributed by atoms with van der Waals surface area (Å²) >= 11 is 6.09. The van der Waals surface area contributed by atoms with Crippen LogP contribution in [-0.2, 0) is 11.4 Å². The number of para-hydroxylation sites is 1. The van der Waals surface area contributed by atoms with Crippen LogP contribution in [0.1, 0.15) is 11.1 Å². The van der Waals surface area contributed by atoms with Crippen molar-refractivity contribution in [2.24, 2.45) is 0 Å². The fourth-order valence-electron chi connectivity index (χ4n) is 2.63. The van der Waals surface area contributed by atoms with Crippen LogP contribution in [0.4, 0.5) is 5.69 Å². The van der Waals surface area contributed by atoms with Crippen LogP contribution in [0.3, 0.4) is 0 Å². The second-order valence-corrected chi connectivity index (χ2v) is 6.59. The number of halogens is 1. The van der Waals surface area contributed by atoms with E-state index >= 15 is 0 Å². The summed E-state index contributed by atoms with van der Waals surface area (Å²) in [7, 11) is 1.47. The maximum atomic E-state index is 12.4. The number of phenolic OH excluding ortho intramolecular Hbond substituents is 1. The van der Waals surface area contributed by atoms with Gasteiger partial charge in [-0.15, -0.1) is 0 Å². The van der Waals surface area contributed by atoms with Crippen molar-refractivity contribution in [3.63, 3.8) is 0 Å². The second-order valence-electron chi connectivity index (χ2n) is 6.16. The van der Waals surface area contributed by atoms with Crippen LogP contribution in [0.2, 0.25) is 5.02 Å². The molecule has 6 heteroatoms. The Bertz CT molecular complexity index is 1020. The molecule has 2 N–H and O–H groups in total. The third-order valence-corrected chi connectivity index (χ3v) is 4.33. The molecule has 0 aromatic heterocycles. The molecule has 0 aliphatic rings. The predicted octanol–water partition coefficient (Wildman–Crippen LogP) is 5.29. The van der Waals surface area contributed by atoms with Gasteiger partial charge in [-0.1, -0.05) is 41.9 Å². The van der Waals surface area contributed by atoms with Gasteiger partial charge < -0.3 is 19.9 Å². The minimum Gasteiger partial charge on any atom is -0.504 e. The topological polar surface area (TPSA) is 67.8 Å². The lowest BCUT2D eigenvalue weighted by Gasteiger charge is -2.12. The number of aromatic hydroxyl groups is 1. The number of amides is 1. The third kappa shape index (κ3) is 5.77. The molecule has 29 heavy (non-hydrogen) atoms. The van der Waals surface area contributed by atoms with Gasteiger partial charge in [0, 0.05) is 22.3 Å². The van der Waals surface area contributed by atoms with Crippen LogP contribution >= 0.6 is 11.6 Å². The van der Waals surface area contributed by atoms with Gasteiger partial charge >= 0.3 is 0 Å². The lowest BCUT2D eigenvalue weighted by molar-refractivity contribution is -0.111. The van der Waals surface area contributed by atoms with Gasteiger partial charge in [0.15, 0.2) is 11.5 Å². The molecule has 3 aromatic rings. The van der Waals surface area contributed by atoms with Crippen molar-refractivity contribution in [1.29, 1.82) is 0 Å². The van der Waals surface area contributed by atoms with Crippen LogP contribution in [0, 0.1) is 0 Å². The van der Waals surface area contributed by atoms with Crippen molar-refractivity contribution in [1.82, 2.24) is 0 Å². The molecule has 0 atom stereocenters. The molecule has 0 fully saturated rings. The lowest BCUT2D eigenvalue weighted by atomic mass is 10.1. The summed E-state index contributed by atoms with van der Waals surface area (Å²) in [6.45, 7) is 0.285. The highest BCUT2D eigenvalue weighted by Crippen LogP contribution is 2.27. The zero-order valence-electron chi connectivity index (χ0n) is 15.8. The van der Waals surface area contributed by atoms with Gasteiger partial charge in [-0.2, -0.15) is 0 Å². The Morgan fingerprint density at radius 1 is 1.10 bits per heavy atom. The Labute approximate surface area is 174 Å². The number of methoxy groups -OCH3 is 1. The number of nitrogens with one attached hydrogen (secondary N) is 1. The highest BCUT2D eigenvalue weighted by molar-refractivity contribution is 6.31. The number of hydrogen-bond acceptors (Lipinski definition) is 4. The summed E-state index contributed by atoms with van der Waals surface area (Å²) in [6.07, 6.45) is 2.98. The quantitative estimate of drug-likeness (QED) is 0.520. The maximum absolute atomic E-state index is 12.4. The largest absolute Gasteiger partial charge is 0.504 e. The van der Waals surface area contributed by atoms with Crippen molar-refractivity contribution in [3.8, 4) is 17.2 Å². The van der Waals surface area contributed by atoms with Crippen molar-refractivity contribution in [3.05, 3.63) is 89.0 Å². The summed E-state index contributed by atoms with van der Waals surface area (Å²) in [5.74, 6) is 0.779. The molecule has 0 bridgehead atoms. The highest BCUT2D eigenvalue weighted by Gasteiger charge is 2.08. The van der Waals surface area contributed by atoms with Gasteiger partial charge in [-0.05, 0) is 48.0 Å². The van der Waals surface area contributed by atoms with Crippen molar-refractivity contribution >= 4 is 29.3 Å². The summed E-state index contributed by atoms with van der Waals surface area (Å²) in [5, 5.41) is 13.1. The molecule has 148 valence electrons. The summed E-state index contributed by atoms with van der Waals surface area (Å²) in [5.41, 5.74) is 2.03. The number of carbonyl (C=O) groups is 1. The molecule has 5 nitrogen and oxygen atoms in total. The number of benzene rings is 3. The monoisotopic (exact) mass is 409 g/mol. The van der Waals surface area contributed by atoms with Crippen molar-refractivity contribution < 1.29 is 19.4 Å². The van der Waals surface area contributed by atoms with E-state index in [-0.39, 0.29) is 18.3 Å². The molecule has 0 radical (unpaired) electrons. The van der Waals surface area contributed by atoms with Crippen LogP contribution in [0.15, 0.2) is 72.8 Å². The summed E-state index contributed by atoms with van der Waals surface area (Å²) in [6, 6.07) is 19.5. The first-order valence-corrected chi connectivity index (χ1v) is 9.25. The van der Waals surface area contributed by atoms with Gasteiger partial charge in [-0.3, -0.25) is 4.79 Å². The van der Waals surface area contributed by atoms with Crippen LogP contribution in [0.5, 0.6) is 17.2 Å². The third-order valence-electron chi connectivity index (χ3n) is 4.10. The second kappa shape index (κ2) is 9.66. The van der Waals surface area contributed by atoms with Crippen molar-refractivity contribution in [2.75, 3.05) is 12.4 Å². The number of phenols is 1. The molecule has 0 saturated carbocycles. The van der Waals surface area contributed by atoms with E-state index in [2.05, 4.69) is 5.32 Å². The summed E-state index contributed by atoms with van der Waals surface area (Å²) in [4.78, 5) is 12.4. The Hall–Kier alpha value is -3.44. The van der Waals surface area contributed by atoms with Crippen LogP contribution in [0.25, 0.3) is 6.08 Å². The fraction of sp³-hybridized carbons (Fsp3) is 0.0870. The van der Waals surface area contributed by atoms with Crippen LogP contribution in [-0.4, -0.2) is 18.1 Å². The minimum absolute atomic E-state index is 0.00486. The van der Waals surface area contributed by atoms with Gasteiger partial charge in [-0.25, -0.2) is 0 Å². The first kappa shape index (κ1) is 20.3. The standard InChI is InChI=1S/C23H20ClNO4/c1-28-22-11-7-16(13-21(22)26)8-12-23(27)25-20-14-18(24)10-9-17(20)15-29-19-5-3-2-4-6-19/h2-14,26H,15H2,1H3,(H,25,27)/b12-8+. The normalized spacial score (nSPS) is 10.7. The first-order chi connectivity index (χ1) is 14.0. The first-order valence-electron chi connectivity index (χ1n) is 8.87. The fourth-order valence-corrected chi connectivity index (χ4v) is 2.80. The number of anilines is 1. The minimum atomic E-state index is -0.330. The van der Waals surface area contributed by atoms with Gasteiger partial charge in [0.25, 0.3) is 0 Å². The Kier molecular flexibility index (Phi) is 6.76. The molecule has 0 aliphatic carbocycles. The van der Waals surface area contributed by atoms with E-state index in [1.165, 1.54) is 19.3 Å². The number of carbonyl (C=O) groups excluding carboxylic acids is 1. The number of hydrogen-bond donors (Lipinski definition) is 2. The molecular weight excluding hydrogens is 390 g/mol.